The Morgan fingerprint density at radius 3 is 2.84 bits per heavy atom. The molecule has 1 aromatic heterocycles. The average Bonchev–Trinajstić information content (AvgIpc) is 2.92. The van der Waals surface area contributed by atoms with Gasteiger partial charge in [0.1, 0.15) is 6.10 Å². The number of aliphatic hydroxyl groups excluding tert-OH is 1. The predicted octanol–water partition coefficient (Wildman–Crippen LogP) is 2.65. The van der Waals surface area contributed by atoms with Gasteiger partial charge < -0.3 is 14.4 Å². The highest BCUT2D eigenvalue weighted by Crippen LogP contribution is 2.35. The van der Waals surface area contributed by atoms with E-state index < -0.39 is 0 Å². The Morgan fingerprint density at radius 1 is 1.37 bits per heavy atom. The van der Waals surface area contributed by atoms with Gasteiger partial charge >= 0.3 is 0 Å². The quantitative estimate of drug-likeness (QED) is 0.823. The standard InChI is InChI=1S/C14H24N2O3/c1-2-18-13(11-7-4-3-5-8-11)14-15-12(19-16-14)9-6-10-17/h11,13,17H,2-10H2,1H3. The third kappa shape index (κ3) is 4.01. The Labute approximate surface area is 114 Å². The van der Waals surface area contributed by atoms with E-state index in [2.05, 4.69) is 10.1 Å². The lowest BCUT2D eigenvalue weighted by atomic mass is 9.85. The molecule has 5 nitrogen and oxygen atoms in total. The second-order valence-electron chi connectivity index (χ2n) is 5.15. The van der Waals surface area contributed by atoms with Crippen LogP contribution >= 0.6 is 0 Å². The molecule has 1 saturated carbocycles. The van der Waals surface area contributed by atoms with E-state index in [1.807, 2.05) is 6.92 Å². The maximum absolute atomic E-state index is 8.82. The summed E-state index contributed by atoms with van der Waals surface area (Å²) in [4.78, 5) is 4.43. The molecule has 0 aliphatic heterocycles. The first-order chi connectivity index (χ1) is 9.35. The fraction of sp³-hybridized carbons (Fsp3) is 0.857. The van der Waals surface area contributed by atoms with E-state index in [-0.39, 0.29) is 12.7 Å². The molecule has 1 heterocycles. The summed E-state index contributed by atoms with van der Waals surface area (Å²) in [6.07, 6.45) is 7.49. The second-order valence-corrected chi connectivity index (χ2v) is 5.15. The van der Waals surface area contributed by atoms with Gasteiger partial charge in [-0.05, 0) is 32.1 Å². The third-order valence-corrected chi connectivity index (χ3v) is 3.71. The summed E-state index contributed by atoms with van der Waals surface area (Å²) in [5, 5.41) is 12.9. The lowest BCUT2D eigenvalue weighted by Crippen LogP contribution is -2.20. The van der Waals surface area contributed by atoms with E-state index in [9.17, 15) is 0 Å². The van der Waals surface area contributed by atoms with Crippen molar-refractivity contribution < 1.29 is 14.4 Å². The van der Waals surface area contributed by atoms with Gasteiger partial charge in [-0.15, -0.1) is 0 Å². The smallest absolute Gasteiger partial charge is 0.226 e. The minimum Gasteiger partial charge on any atom is -0.396 e. The van der Waals surface area contributed by atoms with Crippen molar-refractivity contribution in [2.75, 3.05) is 13.2 Å². The van der Waals surface area contributed by atoms with Crippen LogP contribution in [-0.2, 0) is 11.2 Å². The molecule has 0 amide bonds. The maximum atomic E-state index is 8.82. The monoisotopic (exact) mass is 268 g/mol. The summed E-state index contributed by atoms with van der Waals surface area (Å²) in [6.45, 7) is 2.82. The molecule has 0 saturated heterocycles. The number of nitrogens with zero attached hydrogens (tertiary/aromatic N) is 2. The van der Waals surface area contributed by atoms with E-state index in [1.165, 1.54) is 32.1 Å². The van der Waals surface area contributed by atoms with Crippen LogP contribution in [0.4, 0.5) is 0 Å². The normalized spacial score (nSPS) is 18.6. The van der Waals surface area contributed by atoms with Crippen molar-refractivity contribution in [2.45, 2.75) is 58.0 Å². The van der Waals surface area contributed by atoms with Crippen molar-refractivity contribution in [3.05, 3.63) is 11.7 Å². The topological polar surface area (TPSA) is 68.4 Å². The first-order valence-electron chi connectivity index (χ1n) is 7.40. The molecule has 5 heteroatoms. The number of aromatic nitrogens is 2. The highest BCUT2D eigenvalue weighted by molar-refractivity contribution is 4.95. The van der Waals surface area contributed by atoms with Crippen LogP contribution in [0.5, 0.6) is 0 Å². The van der Waals surface area contributed by atoms with Crippen LogP contribution in [0.15, 0.2) is 4.52 Å². The fourth-order valence-electron chi connectivity index (χ4n) is 2.75. The highest BCUT2D eigenvalue weighted by atomic mass is 16.5. The van der Waals surface area contributed by atoms with Gasteiger partial charge in [0.25, 0.3) is 0 Å². The number of aliphatic hydroxyl groups is 1. The second kappa shape index (κ2) is 7.60. The van der Waals surface area contributed by atoms with E-state index in [0.29, 0.717) is 37.1 Å². The molecular formula is C14H24N2O3. The van der Waals surface area contributed by atoms with Gasteiger partial charge in [-0.25, -0.2) is 0 Å². The van der Waals surface area contributed by atoms with Crippen LogP contribution in [0.3, 0.4) is 0 Å². The number of aryl methyl sites for hydroxylation is 1. The Balaban J connectivity index is 2.02. The summed E-state index contributed by atoms with van der Waals surface area (Å²) in [5.74, 6) is 1.79. The van der Waals surface area contributed by atoms with E-state index in [4.69, 9.17) is 14.4 Å². The zero-order valence-electron chi connectivity index (χ0n) is 11.7. The van der Waals surface area contributed by atoms with Crippen LogP contribution in [0.25, 0.3) is 0 Å². The SMILES string of the molecule is CCOC(c1noc(CCCO)n1)C1CCCCC1. The van der Waals surface area contributed by atoms with Gasteiger partial charge in [0.15, 0.2) is 0 Å². The van der Waals surface area contributed by atoms with Crippen molar-refractivity contribution in [1.82, 2.24) is 10.1 Å². The number of rotatable bonds is 7. The minimum atomic E-state index is -0.0306. The first-order valence-corrected chi connectivity index (χ1v) is 7.40. The summed E-state index contributed by atoms with van der Waals surface area (Å²) in [5.41, 5.74) is 0. The van der Waals surface area contributed by atoms with Crippen LogP contribution in [-0.4, -0.2) is 28.5 Å². The number of ether oxygens (including phenoxy) is 1. The molecule has 1 aromatic rings. The zero-order chi connectivity index (χ0) is 13.5. The molecule has 0 radical (unpaired) electrons. The molecule has 1 aliphatic rings. The summed E-state index contributed by atoms with van der Waals surface area (Å²) in [7, 11) is 0. The Hall–Kier alpha value is -0.940. The molecule has 1 atom stereocenters. The van der Waals surface area contributed by atoms with Gasteiger partial charge in [-0.3, -0.25) is 0 Å². The van der Waals surface area contributed by atoms with Crippen molar-refractivity contribution in [2.24, 2.45) is 5.92 Å². The largest absolute Gasteiger partial charge is 0.396 e. The van der Waals surface area contributed by atoms with E-state index in [1.54, 1.807) is 0 Å². The molecule has 1 fully saturated rings. The van der Waals surface area contributed by atoms with Crippen LogP contribution < -0.4 is 0 Å². The molecule has 2 rings (SSSR count). The summed E-state index contributed by atoms with van der Waals surface area (Å²) >= 11 is 0. The molecular weight excluding hydrogens is 244 g/mol. The lowest BCUT2D eigenvalue weighted by molar-refractivity contribution is -0.00145. The fourth-order valence-corrected chi connectivity index (χ4v) is 2.75. The molecule has 1 aliphatic carbocycles. The molecule has 108 valence electrons. The van der Waals surface area contributed by atoms with Gasteiger partial charge in [0.2, 0.25) is 11.7 Å². The van der Waals surface area contributed by atoms with Gasteiger partial charge in [0, 0.05) is 19.6 Å². The third-order valence-electron chi connectivity index (χ3n) is 3.71. The maximum Gasteiger partial charge on any atom is 0.226 e. The van der Waals surface area contributed by atoms with Gasteiger partial charge in [-0.2, -0.15) is 4.98 Å². The zero-order valence-corrected chi connectivity index (χ0v) is 11.7. The van der Waals surface area contributed by atoms with Crippen LogP contribution in [0, 0.1) is 5.92 Å². The predicted molar refractivity (Wildman–Crippen MR) is 70.6 cm³/mol. The minimum absolute atomic E-state index is 0.0306. The molecule has 0 spiro atoms. The number of hydrogen-bond donors (Lipinski definition) is 1. The summed E-state index contributed by atoms with van der Waals surface area (Å²) < 4.78 is 11.1. The van der Waals surface area contributed by atoms with Crippen molar-refractivity contribution >= 4 is 0 Å². The average molecular weight is 268 g/mol. The number of hydrogen-bond acceptors (Lipinski definition) is 5. The van der Waals surface area contributed by atoms with Crippen molar-refractivity contribution in [3.63, 3.8) is 0 Å². The molecule has 19 heavy (non-hydrogen) atoms. The molecule has 1 N–H and O–H groups in total. The van der Waals surface area contributed by atoms with Crippen molar-refractivity contribution in [1.29, 1.82) is 0 Å². The lowest BCUT2D eigenvalue weighted by Gasteiger charge is -2.27. The Bertz CT molecular complexity index is 361. The van der Waals surface area contributed by atoms with Crippen LogP contribution in [0.1, 0.15) is 63.3 Å². The highest BCUT2D eigenvalue weighted by Gasteiger charge is 2.29. The van der Waals surface area contributed by atoms with Crippen LogP contribution in [0.2, 0.25) is 0 Å². The molecule has 1 unspecified atom stereocenters. The molecule has 0 bridgehead atoms. The van der Waals surface area contributed by atoms with Gasteiger partial charge in [-0.1, -0.05) is 24.4 Å². The van der Waals surface area contributed by atoms with E-state index >= 15 is 0 Å². The summed E-state index contributed by atoms with van der Waals surface area (Å²) in [6, 6.07) is 0. The van der Waals surface area contributed by atoms with Gasteiger partial charge in [0.05, 0.1) is 0 Å². The first kappa shape index (κ1) is 14.5. The van der Waals surface area contributed by atoms with E-state index in [0.717, 1.165) is 0 Å². The Kier molecular flexibility index (Phi) is 5.79. The molecule has 0 aromatic carbocycles. The van der Waals surface area contributed by atoms with Crippen molar-refractivity contribution in [3.8, 4) is 0 Å². The Morgan fingerprint density at radius 2 is 2.16 bits per heavy atom.